The van der Waals surface area contributed by atoms with Gasteiger partial charge in [-0.05, 0) is 46.4 Å². The van der Waals surface area contributed by atoms with Crippen LogP contribution in [-0.2, 0) is 4.79 Å². The summed E-state index contributed by atoms with van der Waals surface area (Å²) in [7, 11) is 1.55. The molecule has 0 atom stereocenters. The van der Waals surface area contributed by atoms with Crippen LogP contribution in [0.15, 0.2) is 53.0 Å². The number of nitro benzene ring substituents is 1. The molecule has 2 rings (SSSR count). The van der Waals surface area contributed by atoms with Gasteiger partial charge in [0, 0.05) is 28.2 Å². The standard InChI is InChI=1S/C17H14BrN3O4S/c1-25-15-5-3-2-4-11(15)6-9-16(22)20-17(26)19-14-8-7-12(21(23)24)10-13(14)18/h2-10H,1H3,(H2,19,20,22,26)/b9-6+. The number of amides is 1. The number of carbonyl (C=O) groups is 1. The Hall–Kier alpha value is -2.78. The lowest BCUT2D eigenvalue weighted by molar-refractivity contribution is -0.384. The number of nitrogens with one attached hydrogen (secondary N) is 2. The summed E-state index contributed by atoms with van der Waals surface area (Å²) in [5.41, 5.74) is 1.19. The van der Waals surface area contributed by atoms with Gasteiger partial charge in [0.25, 0.3) is 5.69 Å². The molecule has 0 saturated heterocycles. The molecule has 0 radical (unpaired) electrons. The number of hydrogen-bond acceptors (Lipinski definition) is 5. The first-order chi connectivity index (χ1) is 12.4. The van der Waals surface area contributed by atoms with E-state index in [0.29, 0.717) is 15.9 Å². The number of benzene rings is 2. The molecule has 0 spiro atoms. The molecule has 9 heteroatoms. The smallest absolute Gasteiger partial charge is 0.270 e. The van der Waals surface area contributed by atoms with Crippen LogP contribution in [0.3, 0.4) is 0 Å². The fourth-order valence-electron chi connectivity index (χ4n) is 2.00. The summed E-state index contributed by atoms with van der Waals surface area (Å²) in [6.45, 7) is 0. The van der Waals surface area contributed by atoms with Gasteiger partial charge in [-0.2, -0.15) is 0 Å². The number of nitro groups is 1. The summed E-state index contributed by atoms with van der Waals surface area (Å²) < 4.78 is 5.65. The third-order valence-corrected chi connectivity index (χ3v) is 4.06. The van der Waals surface area contributed by atoms with Crippen LogP contribution in [0.2, 0.25) is 0 Å². The zero-order valence-corrected chi connectivity index (χ0v) is 16.0. The molecule has 134 valence electrons. The predicted molar refractivity (Wildman–Crippen MR) is 107 cm³/mol. The van der Waals surface area contributed by atoms with Crippen LogP contribution in [0.25, 0.3) is 6.08 Å². The Morgan fingerprint density at radius 3 is 2.69 bits per heavy atom. The van der Waals surface area contributed by atoms with E-state index in [2.05, 4.69) is 26.6 Å². The predicted octanol–water partition coefficient (Wildman–Crippen LogP) is 3.89. The number of anilines is 1. The van der Waals surface area contributed by atoms with E-state index in [1.165, 1.54) is 24.3 Å². The summed E-state index contributed by atoms with van der Waals surface area (Å²) in [6, 6.07) is 11.4. The van der Waals surface area contributed by atoms with Crippen LogP contribution in [0.4, 0.5) is 11.4 Å². The fraction of sp³-hybridized carbons (Fsp3) is 0.0588. The number of ether oxygens (including phenoxy) is 1. The van der Waals surface area contributed by atoms with E-state index in [9.17, 15) is 14.9 Å². The zero-order valence-electron chi connectivity index (χ0n) is 13.6. The van der Waals surface area contributed by atoms with Crippen molar-refractivity contribution in [3.8, 4) is 5.75 Å². The molecule has 0 aliphatic heterocycles. The van der Waals surface area contributed by atoms with Gasteiger partial charge in [0.1, 0.15) is 5.75 Å². The van der Waals surface area contributed by atoms with Gasteiger partial charge in [-0.1, -0.05) is 18.2 Å². The molecule has 26 heavy (non-hydrogen) atoms. The van der Waals surface area contributed by atoms with Gasteiger partial charge in [-0.3, -0.25) is 20.2 Å². The first-order valence-corrected chi connectivity index (χ1v) is 8.48. The van der Waals surface area contributed by atoms with E-state index < -0.39 is 10.8 Å². The average molecular weight is 436 g/mol. The Labute approximate surface area is 163 Å². The van der Waals surface area contributed by atoms with Crippen molar-refractivity contribution in [3.05, 3.63) is 68.7 Å². The molecule has 0 bridgehead atoms. The van der Waals surface area contributed by atoms with Gasteiger partial charge in [0.15, 0.2) is 5.11 Å². The highest BCUT2D eigenvalue weighted by Crippen LogP contribution is 2.27. The number of rotatable bonds is 5. The summed E-state index contributed by atoms with van der Waals surface area (Å²) >= 11 is 8.30. The van der Waals surface area contributed by atoms with Crippen molar-refractivity contribution in [2.45, 2.75) is 0 Å². The molecule has 0 fully saturated rings. The van der Waals surface area contributed by atoms with Crippen LogP contribution in [0, 0.1) is 10.1 Å². The van der Waals surface area contributed by atoms with E-state index >= 15 is 0 Å². The Morgan fingerprint density at radius 2 is 2.04 bits per heavy atom. The summed E-state index contributed by atoms with van der Waals surface area (Å²) in [6.07, 6.45) is 2.94. The average Bonchev–Trinajstić information content (AvgIpc) is 2.61. The van der Waals surface area contributed by atoms with Crippen molar-refractivity contribution >= 4 is 56.6 Å². The Kier molecular flexibility index (Phi) is 6.81. The van der Waals surface area contributed by atoms with Gasteiger partial charge < -0.3 is 10.1 Å². The molecule has 0 unspecified atom stereocenters. The molecule has 0 aliphatic carbocycles. The van der Waals surface area contributed by atoms with Crippen molar-refractivity contribution in [2.75, 3.05) is 12.4 Å². The van der Waals surface area contributed by atoms with Crippen LogP contribution in [-0.4, -0.2) is 23.1 Å². The molecule has 2 aromatic carbocycles. The molecule has 2 N–H and O–H groups in total. The molecule has 0 aliphatic rings. The van der Waals surface area contributed by atoms with Crippen molar-refractivity contribution in [3.63, 3.8) is 0 Å². The maximum atomic E-state index is 12.0. The van der Waals surface area contributed by atoms with E-state index in [4.69, 9.17) is 17.0 Å². The topological polar surface area (TPSA) is 93.5 Å². The number of thiocarbonyl (C=S) groups is 1. The van der Waals surface area contributed by atoms with E-state index in [1.807, 2.05) is 18.2 Å². The van der Waals surface area contributed by atoms with Crippen LogP contribution in [0.5, 0.6) is 5.75 Å². The molecular weight excluding hydrogens is 422 g/mol. The lowest BCUT2D eigenvalue weighted by Crippen LogP contribution is -2.32. The summed E-state index contributed by atoms with van der Waals surface area (Å²) in [5.74, 6) is 0.221. The van der Waals surface area contributed by atoms with Gasteiger partial charge in [-0.25, -0.2) is 0 Å². The number of non-ortho nitro benzene ring substituents is 1. The number of hydrogen-bond donors (Lipinski definition) is 2. The second kappa shape index (κ2) is 9.07. The molecule has 2 aromatic rings. The highest BCUT2D eigenvalue weighted by Gasteiger charge is 2.10. The summed E-state index contributed by atoms with van der Waals surface area (Å²) in [4.78, 5) is 22.2. The largest absolute Gasteiger partial charge is 0.496 e. The maximum absolute atomic E-state index is 12.0. The third-order valence-electron chi connectivity index (χ3n) is 3.20. The van der Waals surface area contributed by atoms with Crippen molar-refractivity contribution in [2.24, 2.45) is 0 Å². The van der Waals surface area contributed by atoms with Gasteiger partial charge >= 0.3 is 0 Å². The quantitative estimate of drug-likeness (QED) is 0.320. The highest BCUT2D eigenvalue weighted by molar-refractivity contribution is 9.10. The second-order valence-corrected chi connectivity index (χ2v) is 6.20. The lowest BCUT2D eigenvalue weighted by atomic mass is 10.2. The normalized spacial score (nSPS) is 10.4. The third kappa shape index (κ3) is 5.36. The number of carbonyl (C=O) groups excluding carboxylic acids is 1. The van der Waals surface area contributed by atoms with E-state index in [0.717, 1.165) is 5.56 Å². The Bertz CT molecular complexity index is 886. The van der Waals surface area contributed by atoms with Crippen LogP contribution >= 0.6 is 28.1 Å². The fourth-order valence-corrected chi connectivity index (χ4v) is 2.67. The zero-order chi connectivity index (χ0) is 19.1. The van der Waals surface area contributed by atoms with Crippen LogP contribution < -0.4 is 15.4 Å². The first kappa shape index (κ1) is 19.5. The highest BCUT2D eigenvalue weighted by atomic mass is 79.9. The minimum Gasteiger partial charge on any atom is -0.496 e. The van der Waals surface area contributed by atoms with Gasteiger partial charge in [0.2, 0.25) is 5.91 Å². The van der Waals surface area contributed by atoms with Crippen molar-refractivity contribution in [1.29, 1.82) is 0 Å². The summed E-state index contributed by atoms with van der Waals surface area (Å²) in [5, 5.41) is 16.1. The Morgan fingerprint density at radius 1 is 1.31 bits per heavy atom. The second-order valence-electron chi connectivity index (χ2n) is 4.94. The Balaban J connectivity index is 1.98. The number of nitrogens with zero attached hydrogens (tertiary/aromatic N) is 1. The number of methoxy groups -OCH3 is 1. The van der Waals surface area contributed by atoms with Gasteiger partial charge in [-0.15, -0.1) is 0 Å². The van der Waals surface area contributed by atoms with Crippen molar-refractivity contribution in [1.82, 2.24) is 5.32 Å². The minimum absolute atomic E-state index is 0.0582. The molecule has 0 aromatic heterocycles. The van der Waals surface area contributed by atoms with E-state index in [-0.39, 0.29) is 10.8 Å². The van der Waals surface area contributed by atoms with Crippen molar-refractivity contribution < 1.29 is 14.5 Å². The first-order valence-electron chi connectivity index (χ1n) is 7.27. The monoisotopic (exact) mass is 435 g/mol. The maximum Gasteiger partial charge on any atom is 0.270 e. The molecule has 7 nitrogen and oxygen atoms in total. The molecule has 1 amide bonds. The minimum atomic E-state index is -0.503. The molecule has 0 saturated carbocycles. The van der Waals surface area contributed by atoms with E-state index in [1.54, 1.807) is 19.3 Å². The molecule has 0 heterocycles. The number of para-hydroxylation sites is 1. The molecular formula is C17H14BrN3O4S. The number of halogens is 1. The van der Waals surface area contributed by atoms with Gasteiger partial charge in [0.05, 0.1) is 17.7 Å². The van der Waals surface area contributed by atoms with Crippen LogP contribution in [0.1, 0.15) is 5.56 Å². The SMILES string of the molecule is COc1ccccc1/C=C/C(=O)NC(=S)Nc1ccc([N+](=O)[O-])cc1Br. The lowest BCUT2D eigenvalue weighted by Gasteiger charge is -2.09.